The predicted octanol–water partition coefficient (Wildman–Crippen LogP) is 9.08. The van der Waals surface area contributed by atoms with Crippen LogP contribution in [0.5, 0.6) is 17.6 Å². The highest BCUT2D eigenvalue weighted by atomic mass is 32.1. The highest BCUT2D eigenvalue weighted by Crippen LogP contribution is 2.42. The number of aliphatic hydroxyl groups is 1. The zero-order valence-corrected chi connectivity index (χ0v) is 44.6. The normalized spacial score (nSPS) is 20.7. The number of terminal acetylenes is 1. The van der Waals surface area contributed by atoms with Gasteiger partial charge in [-0.05, 0) is 123 Å². The largest absolute Gasteiger partial charge is 0.508 e. The SMILES string of the molecule is C#Cc1cccc2cc(O)cc(-c3ncc4c(N5CC6CCC(C6)C5)nc(OCCN5CCC(COc6cc([C@H](C(=O)N7C[C@H](O)C[C@H]7C(=O)N[C@@H](C)c7ccc(-c8scnc8C)cc7)C(C)C)on6)CC5)nc4c3F)c12. The van der Waals surface area contributed by atoms with Crippen molar-refractivity contribution in [1.82, 2.24) is 40.2 Å². The summed E-state index contributed by atoms with van der Waals surface area (Å²) in [6.45, 7) is 12.3. The number of hydrogen-bond acceptors (Lipinski definition) is 15. The number of nitrogens with one attached hydrogen (secondary N) is 1. The Hall–Kier alpha value is -7.20. The maximum absolute atomic E-state index is 17.1. The summed E-state index contributed by atoms with van der Waals surface area (Å²) >= 11 is 1.58. The number of halogens is 1. The fourth-order valence-electron chi connectivity index (χ4n) is 12.1. The Labute approximate surface area is 451 Å². The van der Waals surface area contributed by atoms with Gasteiger partial charge in [-0.25, -0.2) is 9.37 Å². The molecule has 6 atom stereocenters. The Morgan fingerprint density at radius 1 is 0.974 bits per heavy atom. The number of aromatic nitrogens is 5. The van der Waals surface area contributed by atoms with Crippen molar-refractivity contribution >= 4 is 50.6 Å². The van der Waals surface area contributed by atoms with Crippen LogP contribution in [0.25, 0.3) is 43.4 Å². The van der Waals surface area contributed by atoms with E-state index in [9.17, 15) is 19.8 Å². The molecule has 16 nitrogen and oxygen atoms in total. The second-order valence-corrected chi connectivity index (χ2v) is 22.6. The number of aryl methyl sites for hydroxylation is 1. The summed E-state index contributed by atoms with van der Waals surface area (Å²) in [4.78, 5) is 53.9. The van der Waals surface area contributed by atoms with E-state index in [-0.39, 0.29) is 71.5 Å². The number of piperidine rings is 2. The molecule has 18 heteroatoms. The topological polar surface area (TPSA) is 192 Å². The molecule has 0 radical (unpaired) electrons. The number of pyridine rings is 1. The van der Waals surface area contributed by atoms with Gasteiger partial charge in [0, 0.05) is 61.4 Å². The van der Waals surface area contributed by atoms with Crippen LogP contribution in [-0.4, -0.2) is 122 Å². The van der Waals surface area contributed by atoms with Crippen molar-refractivity contribution in [2.45, 2.75) is 90.3 Å². The molecule has 2 bridgehead atoms. The summed E-state index contributed by atoms with van der Waals surface area (Å²) in [7, 11) is 0. The van der Waals surface area contributed by atoms with E-state index in [0.29, 0.717) is 70.5 Å². The number of phenols is 1. The average molecular weight is 1060 g/mol. The van der Waals surface area contributed by atoms with E-state index in [1.807, 2.05) is 63.5 Å². The minimum absolute atomic E-state index is 0.0309. The molecule has 3 N–H and O–H groups in total. The summed E-state index contributed by atoms with van der Waals surface area (Å²) in [6, 6.07) is 17.1. The first-order valence-electron chi connectivity index (χ1n) is 26.9. The molecule has 3 aliphatic heterocycles. The van der Waals surface area contributed by atoms with E-state index in [0.717, 1.165) is 60.7 Å². The number of aromatic hydroxyl groups is 1. The molecule has 4 aromatic heterocycles. The third-order valence-electron chi connectivity index (χ3n) is 16.1. The molecule has 11 rings (SSSR count). The number of carbonyl (C=O) groups is 2. The van der Waals surface area contributed by atoms with Crippen LogP contribution in [0, 0.1) is 48.8 Å². The number of aliphatic hydroxyl groups excluding tert-OH is 1. The second kappa shape index (κ2) is 22.0. The van der Waals surface area contributed by atoms with E-state index in [1.165, 1.54) is 30.2 Å². The fraction of sp³-hybridized carbons (Fsp3) is 0.441. The molecule has 7 aromatic rings. The number of ether oxygens (including phenoxy) is 2. The molecule has 2 unspecified atom stereocenters. The van der Waals surface area contributed by atoms with Crippen LogP contribution in [0.3, 0.4) is 0 Å². The van der Waals surface area contributed by atoms with Gasteiger partial charge in [0.2, 0.25) is 11.8 Å². The molecule has 4 fully saturated rings. The number of fused-ring (bicyclic) bond motifs is 4. The smallest absolute Gasteiger partial charge is 0.319 e. The van der Waals surface area contributed by atoms with Crippen LogP contribution in [0.4, 0.5) is 10.2 Å². The summed E-state index contributed by atoms with van der Waals surface area (Å²) in [5, 5.41) is 30.5. The zero-order valence-electron chi connectivity index (χ0n) is 43.8. The van der Waals surface area contributed by atoms with E-state index in [4.69, 9.17) is 25.4 Å². The van der Waals surface area contributed by atoms with E-state index in [2.05, 4.69) is 41.1 Å². The summed E-state index contributed by atoms with van der Waals surface area (Å²) in [5.74, 6) is 3.03. The molecule has 2 amide bonds. The lowest BCUT2D eigenvalue weighted by Gasteiger charge is -2.33. The van der Waals surface area contributed by atoms with Crippen LogP contribution in [-0.2, 0) is 9.59 Å². The molecule has 400 valence electrons. The van der Waals surface area contributed by atoms with Crippen LogP contribution in [0.15, 0.2) is 76.9 Å². The summed E-state index contributed by atoms with van der Waals surface area (Å²) in [6.07, 6.45) is 12.1. The number of nitrogens with zero attached hydrogens (tertiary/aromatic N) is 8. The molecule has 77 heavy (non-hydrogen) atoms. The molecular weight excluding hydrogens is 998 g/mol. The third-order valence-corrected chi connectivity index (χ3v) is 17.1. The molecule has 1 saturated carbocycles. The van der Waals surface area contributed by atoms with Crippen LogP contribution in [0.2, 0.25) is 0 Å². The van der Waals surface area contributed by atoms with Gasteiger partial charge in [0.25, 0.3) is 5.88 Å². The number of anilines is 1. The first-order valence-corrected chi connectivity index (χ1v) is 27.7. The molecule has 1 aliphatic carbocycles. The highest BCUT2D eigenvalue weighted by Gasteiger charge is 2.44. The van der Waals surface area contributed by atoms with Crippen molar-refractivity contribution in [2.24, 2.45) is 23.7 Å². The number of carbonyl (C=O) groups excluding carboxylic acids is 2. The van der Waals surface area contributed by atoms with E-state index >= 15 is 4.39 Å². The second-order valence-electron chi connectivity index (χ2n) is 21.8. The maximum Gasteiger partial charge on any atom is 0.319 e. The molecule has 3 saturated heterocycles. The van der Waals surface area contributed by atoms with Crippen molar-refractivity contribution in [2.75, 3.05) is 57.4 Å². The molecule has 3 aromatic carbocycles. The Bertz CT molecular complexity index is 3340. The van der Waals surface area contributed by atoms with E-state index in [1.54, 1.807) is 41.8 Å². The summed E-state index contributed by atoms with van der Waals surface area (Å²) in [5.41, 5.74) is 5.84. The number of likely N-dealkylation sites (tertiary alicyclic amines) is 2. The quantitative estimate of drug-likeness (QED) is 0.0777. The Morgan fingerprint density at radius 2 is 1.75 bits per heavy atom. The lowest BCUT2D eigenvalue weighted by atomic mass is 9.91. The first-order chi connectivity index (χ1) is 37.3. The zero-order chi connectivity index (χ0) is 53.5. The van der Waals surface area contributed by atoms with Gasteiger partial charge in [0.05, 0.1) is 40.2 Å². The Kier molecular flexibility index (Phi) is 14.8. The van der Waals surface area contributed by atoms with Gasteiger partial charge in [-0.1, -0.05) is 56.2 Å². The van der Waals surface area contributed by atoms with Crippen molar-refractivity contribution in [1.29, 1.82) is 0 Å². The predicted molar refractivity (Wildman–Crippen MR) is 292 cm³/mol. The first kappa shape index (κ1) is 51.9. The van der Waals surface area contributed by atoms with Crippen molar-refractivity contribution in [3.05, 3.63) is 101 Å². The van der Waals surface area contributed by atoms with Crippen LogP contribution in [0.1, 0.15) is 93.8 Å². The lowest BCUT2D eigenvalue weighted by Crippen LogP contribution is -2.48. The maximum atomic E-state index is 17.1. The minimum atomic E-state index is -0.851. The third kappa shape index (κ3) is 10.8. The molecular formula is C59H64FN9O7S. The number of thiazole rings is 1. The number of benzene rings is 3. The van der Waals surface area contributed by atoms with Gasteiger partial charge in [0.15, 0.2) is 11.6 Å². The van der Waals surface area contributed by atoms with Crippen molar-refractivity contribution in [3.8, 4) is 51.7 Å². The van der Waals surface area contributed by atoms with Crippen LogP contribution >= 0.6 is 11.3 Å². The Balaban J connectivity index is 0.701. The monoisotopic (exact) mass is 1060 g/mol. The number of phenolic OH excluding ortho intramolecular Hbond substituents is 1. The van der Waals surface area contributed by atoms with Gasteiger partial charge in [0.1, 0.15) is 41.3 Å². The average Bonchev–Trinajstić information content (AvgIpc) is 4.26. The highest BCUT2D eigenvalue weighted by molar-refractivity contribution is 7.13. The van der Waals surface area contributed by atoms with Gasteiger partial charge >= 0.3 is 6.01 Å². The van der Waals surface area contributed by atoms with Gasteiger partial charge in [-0.2, -0.15) is 9.97 Å². The lowest BCUT2D eigenvalue weighted by molar-refractivity contribution is -0.141. The Morgan fingerprint density at radius 3 is 2.48 bits per heavy atom. The van der Waals surface area contributed by atoms with Gasteiger partial charge < -0.3 is 39.3 Å². The van der Waals surface area contributed by atoms with Crippen LogP contribution < -0.4 is 19.7 Å². The molecule has 4 aliphatic rings. The van der Waals surface area contributed by atoms with Crippen molar-refractivity contribution in [3.63, 3.8) is 0 Å². The van der Waals surface area contributed by atoms with Crippen molar-refractivity contribution < 1.29 is 38.2 Å². The number of β-amino-alcohol motifs (C(OH)–C–C–N with tert-alkyl or cyclic N) is 1. The number of amides is 2. The van der Waals surface area contributed by atoms with Gasteiger partial charge in [-0.3, -0.25) is 19.5 Å². The molecule has 7 heterocycles. The number of hydrogen-bond donors (Lipinski definition) is 3. The standard InChI is InChI=1S/C59H64FN9O7S/c1-6-39-8-7-9-42-23-43(70)24-45(51(39)42)53-52(60)54-46(27-61-53)56(68-28-37-10-11-38(22-37)29-68)65-59(64-54)74-21-20-67-18-16-36(17-19-67)31-75-49-26-48(76-66-49)50(33(2)3)58(73)69-30-44(71)25-47(69)57(72)63-34(4)40-12-14-41(15-13-40)55-35(5)62-32-77-55/h1,7-9,12-15,23-24,26-27,32-34,36-38,44,47,50,70-71H,10-11,16-22,25,28-31H2,2-5H3,(H,63,72)/t34-,37?,38?,44+,47-,50+/m0/s1. The number of rotatable bonds is 16. The molecule has 0 spiro atoms. The van der Waals surface area contributed by atoms with Gasteiger partial charge in [-0.15, -0.1) is 17.8 Å². The minimum Gasteiger partial charge on any atom is -0.508 e. The summed E-state index contributed by atoms with van der Waals surface area (Å²) < 4.78 is 35.3. The van der Waals surface area contributed by atoms with E-state index < -0.39 is 23.9 Å². The fourth-order valence-corrected chi connectivity index (χ4v) is 12.9.